The molecule has 0 bridgehead atoms. The molecule has 4 heteroatoms. The molecule has 0 aliphatic heterocycles. The summed E-state index contributed by atoms with van der Waals surface area (Å²) in [6, 6.07) is 5.76. The fraction of sp³-hybridized carbons (Fsp3) is 0. The number of carbonyl (C=O) groups excluding carboxylic acids is 2. The first kappa shape index (κ1) is 9.98. The lowest BCUT2D eigenvalue weighted by molar-refractivity contribution is -0.297. The Hall–Kier alpha value is -2.10. The van der Waals surface area contributed by atoms with Crippen LogP contribution in [0.25, 0.3) is 6.08 Å². The van der Waals surface area contributed by atoms with Gasteiger partial charge in [0.05, 0.1) is 11.9 Å². The molecule has 0 aromatic heterocycles. The van der Waals surface area contributed by atoms with Crippen molar-refractivity contribution in [3.63, 3.8) is 0 Å². The Morgan fingerprint density at radius 3 is 2.50 bits per heavy atom. The van der Waals surface area contributed by atoms with Gasteiger partial charge >= 0.3 is 0 Å². The molecule has 1 rings (SSSR count). The predicted octanol–water partition coefficient (Wildman–Crippen LogP) is -1.19. The summed E-state index contributed by atoms with van der Waals surface area (Å²) in [5.41, 5.74) is 0.474. The standard InChI is InChI=1S/C10H8O4/c11-9(12)5-4-7-2-1-3-8(6-7)10(13)14/h1-6H,(H,11,12)(H,13,14)/p-2/b5-4+. The van der Waals surface area contributed by atoms with Crippen molar-refractivity contribution in [2.75, 3.05) is 0 Å². The van der Waals surface area contributed by atoms with Crippen molar-refractivity contribution in [2.45, 2.75) is 0 Å². The maximum Gasteiger partial charge on any atom is 0.0715 e. The molecule has 0 aliphatic carbocycles. The Balaban J connectivity index is 2.94. The monoisotopic (exact) mass is 190 g/mol. The van der Waals surface area contributed by atoms with E-state index in [-0.39, 0.29) is 5.56 Å². The summed E-state index contributed by atoms with van der Waals surface area (Å²) in [5.74, 6) is -2.63. The lowest BCUT2D eigenvalue weighted by Gasteiger charge is -2.02. The van der Waals surface area contributed by atoms with E-state index in [4.69, 9.17) is 0 Å². The van der Waals surface area contributed by atoms with Crippen molar-refractivity contribution < 1.29 is 19.8 Å². The first-order chi connectivity index (χ1) is 6.59. The number of rotatable bonds is 3. The van der Waals surface area contributed by atoms with Gasteiger partial charge in [-0.05, 0) is 23.3 Å². The molecular formula is C10H6O4-2. The zero-order chi connectivity index (χ0) is 10.6. The van der Waals surface area contributed by atoms with Gasteiger partial charge in [-0.15, -0.1) is 0 Å². The topological polar surface area (TPSA) is 80.3 Å². The number of carboxylic acid groups (broad SMARTS) is 2. The molecular weight excluding hydrogens is 184 g/mol. The summed E-state index contributed by atoms with van der Waals surface area (Å²) in [4.78, 5) is 20.5. The van der Waals surface area contributed by atoms with Crippen LogP contribution >= 0.6 is 0 Å². The fourth-order valence-corrected chi connectivity index (χ4v) is 0.934. The van der Waals surface area contributed by atoms with Gasteiger partial charge in [0.15, 0.2) is 0 Å². The lowest BCUT2D eigenvalue weighted by atomic mass is 10.1. The average Bonchev–Trinajstić information content (AvgIpc) is 2.15. The molecule has 4 nitrogen and oxygen atoms in total. The molecule has 0 aliphatic rings. The maximum atomic E-state index is 10.4. The maximum absolute atomic E-state index is 10.4. The zero-order valence-electron chi connectivity index (χ0n) is 7.10. The fourth-order valence-electron chi connectivity index (χ4n) is 0.934. The SMILES string of the molecule is O=C([O-])/C=C/c1cccc(C(=O)[O-])c1. The lowest BCUT2D eigenvalue weighted by Crippen LogP contribution is -2.22. The van der Waals surface area contributed by atoms with Crippen LogP contribution in [0, 0.1) is 0 Å². The molecule has 0 radical (unpaired) electrons. The molecule has 0 fully saturated rings. The number of aliphatic carboxylic acids is 1. The Morgan fingerprint density at radius 2 is 1.93 bits per heavy atom. The molecule has 0 saturated carbocycles. The highest BCUT2D eigenvalue weighted by molar-refractivity contribution is 5.88. The molecule has 0 saturated heterocycles. The highest BCUT2D eigenvalue weighted by Crippen LogP contribution is 2.05. The van der Waals surface area contributed by atoms with E-state index < -0.39 is 11.9 Å². The van der Waals surface area contributed by atoms with Gasteiger partial charge in [-0.25, -0.2) is 0 Å². The summed E-state index contributed by atoms with van der Waals surface area (Å²) < 4.78 is 0. The van der Waals surface area contributed by atoms with Crippen LogP contribution in [0.2, 0.25) is 0 Å². The summed E-state index contributed by atoms with van der Waals surface area (Å²) in [6.07, 6.45) is 2.08. The third kappa shape index (κ3) is 2.75. The van der Waals surface area contributed by atoms with Crippen molar-refractivity contribution in [1.29, 1.82) is 0 Å². The quantitative estimate of drug-likeness (QED) is 0.561. The second-order valence-electron chi connectivity index (χ2n) is 2.57. The number of hydrogen-bond donors (Lipinski definition) is 0. The molecule has 0 amide bonds. The molecule has 14 heavy (non-hydrogen) atoms. The third-order valence-electron chi connectivity index (χ3n) is 1.53. The first-order valence-electron chi connectivity index (χ1n) is 3.80. The van der Waals surface area contributed by atoms with Gasteiger partial charge in [0.1, 0.15) is 0 Å². The normalized spacial score (nSPS) is 10.3. The van der Waals surface area contributed by atoms with Gasteiger partial charge in [-0.1, -0.05) is 24.3 Å². The molecule has 1 aromatic rings. The largest absolute Gasteiger partial charge is 0.545 e. The first-order valence-corrected chi connectivity index (χ1v) is 3.80. The molecule has 0 atom stereocenters. The third-order valence-corrected chi connectivity index (χ3v) is 1.53. The number of benzene rings is 1. The average molecular weight is 190 g/mol. The Kier molecular flexibility index (Phi) is 3.01. The van der Waals surface area contributed by atoms with Crippen molar-refractivity contribution in [2.24, 2.45) is 0 Å². The van der Waals surface area contributed by atoms with Crippen molar-refractivity contribution in [3.8, 4) is 0 Å². The highest BCUT2D eigenvalue weighted by atomic mass is 16.4. The van der Waals surface area contributed by atoms with Gasteiger partial charge in [0.2, 0.25) is 0 Å². The van der Waals surface area contributed by atoms with Crippen LogP contribution in [0.1, 0.15) is 15.9 Å². The summed E-state index contributed by atoms with van der Waals surface area (Å²) in [6.45, 7) is 0. The number of aromatic carboxylic acids is 1. The highest BCUT2D eigenvalue weighted by Gasteiger charge is 1.93. The molecule has 72 valence electrons. The van der Waals surface area contributed by atoms with Gasteiger partial charge < -0.3 is 19.8 Å². The van der Waals surface area contributed by atoms with Gasteiger partial charge in [-0.2, -0.15) is 0 Å². The van der Waals surface area contributed by atoms with Crippen LogP contribution in [-0.2, 0) is 4.79 Å². The van der Waals surface area contributed by atoms with Crippen LogP contribution in [0.4, 0.5) is 0 Å². The number of hydrogen-bond acceptors (Lipinski definition) is 4. The minimum Gasteiger partial charge on any atom is -0.545 e. The second-order valence-corrected chi connectivity index (χ2v) is 2.57. The van der Waals surface area contributed by atoms with Crippen molar-refractivity contribution in [1.82, 2.24) is 0 Å². The minimum atomic E-state index is -1.33. The Labute approximate surface area is 80.1 Å². The summed E-state index contributed by atoms with van der Waals surface area (Å²) in [7, 11) is 0. The molecule has 0 unspecified atom stereocenters. The Morgan fingerprint density at radius 1 is 1.21 bits per heavy atom. The minimum absolute atomic E-state index is 0.00509. The van der Waals surface area contributed by atoms with Gasteiger partial charge in [0.25, 0.3) is 0 Å². The van der Waals surface area contributed by atoms with Gasteiger partial charge in [-0.3, -0.25) is 0 Å². The van der Waals surface area contributed by atoms with Crippen LogP contribution in [0.5, 0.6) is 0 Å². The van der Waals surface area contributed by atoms with E-state index >= 15 is 0 Å². The molecule has 0 N–H and O–H groups in total. The number of carbonyl (C=O) groups is 2. The molecule has 0 spiro atoms. The van der Waals surface area contributed by atoms with E-state index in [0.29, 0.717) is 5.56 Å². The van der Waals surface area contributed by atoms with E-state index in [1.54, 1.807) is 6.07 Å². The van der Waals surface area contributed by atoms with E-state index in [2.05, 4.69) is 0 Å². The Bertz CT molecular complexity index is 393. The van der Waals surface area contributed by atoms with Crippen LogP contribution in [0.3, 0.4) is 0 Å². The van der Waals surface area contributed by atoms with E-state index in [9.17, 15) is 19.8 Å². The molecule has 0 heterocycles. The van der Waals surface area contributed by atoms with Crippen LogP contribution < -0.4 is 10.2 Å². The van der Waals surface area contributed by atoms with E-state index in [1.807, 2.05) is 0 Å². The van der Waals surface area contributed by atoms with Crippen molar-refractivity contribution in [3.05, 3.63) is 41.5 Å². The summed E-state index contributed by atoms with van der Waals surface area (Å²) in [5, 5.41) is 20.5. The smallest absolute Gasteiger partial charge is 0.0715 e. The van der Waals surface area contributed by atoms with Crippen LogP contribution in [-0.4, -0.2) is 11.9 Å². The molecule has 1 aromatic carbocycles. The van der Waals surface area contributed by atoms with E-state index in [1.165, 1.54) is 24.3 Å². The second kappa shape index (κ2) is 4.23. The predicted molar refractivity (Wildman–Crippen MR) is 44.8 cm³/mol. The van der Waals surface area contributed by atoms with Gasteiger partial charge in [0, 0.05) is 0 Å². The number of carboxylic acids is 2. The zero-order valence-corrected chi connectivity index (χ0v) is 7.10. The van der Waals surface area contributed by atoms with Crippen molar-refractivity contribution >= 4 is 18.0 Å². The summed E-state index contributed by atoms with van der Waals surface area (Å²) >= 11 is 0. The van der Waals surface area contributed by atoms with E-state index in [0.717, 1.165) is 6.08 Å². The van der Waals surface area contributed by atoms with Crippen LogP contribution in [0.15, 0.2) is 30.3 Å².